The Kier molecular flexibility index (Phi) is 5.17. The van der Waals surface area contributed by atoms with Crippen LogP contribution in [0.15, 0.2) is 53.0 Å². The third-order valence-electron chi connectivity index (χ3n) is 3.43. The molecule has 0 unspecified atom stereocenters. The van der Waals surface area contributed by atoms with Gasteiger partial charge in [-0.1, -0.05) is 48.2 Å². The summed E-state index contributed by atoms with van der Waals surface area (Å²) in [6.07, 6.45) is 0. The molecule has 3 rings (SSSR count). The van der Waals surface area contributed by atoms with Gasteiger partial charge >= 0.3 is 0 Å². The fraction of sp³-hybridized carbons (Fsp3) is 0.188. The first-order valence-corrected chi connectivity index (χ1v) is 9.19. The predicted octanol–water partition coefficient (Wildman–Crippen LogP) is 2.36. The van der Waals surface area contributed by atoms with Gasteiger partial charge in [-0.2, -0.15) is 0 Å². The smallest absolute Gasteiger partial charge is 0.231 e. The van der Waals surface area contributed by atoms with Gasteiger partial charge in [0, 0.05) is 4.88 Å². The standard InChI is InChI=1S/C16H17N5OS2/c1-11-19-20-16(21(11)17)24-10-14(22)18-15(13-8-5-9-23-13)12-6-3-2-4-7-12/h2-9,15H,10,17H2,1H3,(H,18,22)/t15-/m1/s1. The number of nitrogens with zero attached hydrogens (tertiary/aromatic N) is 3. The van der Waals surface area contributed by atoms with Gasteiger partial charge < -0.3 is 11.2 Å². The van der Waals surface area contributed by atoms with E-state index in [1.54, 1.807) is 18.3 Å². The summed E-state index contributed by atoms with van der Waals surface area (Å²) in [4.78, 5) is 13.5. The Balaban J connectivity index is 1.69. The van der Waals surface area contributed by atoms with E-state index >= 15 is 0 Å². The van der Waals surface area contributed by atoms with E-state index in [2.05, 4.69) is 15.5 Å². The lowest BCUT2D eigenvalue weighted by molar-refractivity contribution is -0.119. The zero-order chi connectivity index (χ0) is 16.9. The normalized spacial score (nSPS) is 12.0. The molecule has 124 valence electrons. The molecule has 1 aromatic carbocycles. The summed E-state index contributed by atoms with van der Waals surface area (Å²) in [5.41, 5.74) is 1.05. The molecule has 2 heterocycles. The molecule has 3 aromatic rings. The maximum atomic E-state index is 12.4. The number of carbonyl (C=O) groups is 1. The molecule has 0 saturated heterocycles. The molecule has 0 spiro atoms. The topological polar surface area (TPSA) is 85.8 Å². The summed E-state index contributed by atoms with van der Waals surface area (Å²) in [6, 6.07) is 13.8. The molecule has 24 heavy (non-hydrogen) atoms. The number of thioether (sulfide) groups is 1. The maximum Gasteiger partial charge on any atom is 0.231 e. The molecular formula is C16H17N5OS2. The number of hydrogen-bond acceptors (Lipinski definition) is 6. The van der Waals surface area contributed by atoms with Gasteiger partial charge in [0.05, 0.1) is 11.8 Å². The first kappa shape index (κ1) is 16.5. The van der Waals surface area contributed by atoms with Crippen LogP contribution in [0.1, 0.15) is 22.3 Å². The fourth-order valence-electron chi connectivity index (χ4n) is 2.20. The monoisotopic (exact) mass is 359 g/mol. The van der Waals surface area contributed by atoms with Gasteiger partial charge in [-0.05, 0) is 23.9 Å². The number of nitrogen functional groups attached to an aromatic ring is 1. The molecule has 0 aliphatic heterocycles. The van der Waals surface area contributed by atoms with Crippen LogP contribution in [-0.2, 0) is 4.79 Å². The van der Waals surface area contributed by atoms with E-state index < -0.39 is 0 Å². The van der Waals surface area contributed by atoms with E-state index in [0.29, 0.717) is 11.0 Å². The average molecular weight is 359 g/mol. The number of rotatable bonds is 6. The lowest BCUT2D eigenvalue weighted by Crippen LogP contribution is -2.30. The van der Waals surface area contributed by atoms with E-state index in [0.717, 1.165) is 10.4 Å². The molecule has 0 aliphatic rings. The van der Waals surface area contributed by atoms with Crippen molar-refractivity contribution in [2.75, 3.05) is 11.6 Å². The predicted molar refractivity (Wildman–Crippen MR) is 96.4 cm³/mol. The van der Waals surface area contributed by atoms with E-state index in [1.165, 1.54) is 16.4 Å². The molecule has 0 fully saturated rings. The molecule has 0 aliphatic carbocycles. The summed E-state index contributed by atoms with van der Waals surface area (Å²) in [6.45, 7) is 1.76. The summed E-state index contributed by atoms with van der Waals surface area (Å²) in [5.74, 6) is 6.55. The SMILES string of the molecule is Cc1nnc(SCC(=O)N[C@H](c2ccccc2)c2cccs2)n1N. The lowest BCUT2D eigenvalue weighted by atomic mass is 10.1. The fourth-order valence-corrected chi connectivity index (χ4v) is 3.72. The van der Waals surface area contributed by atoms with Crippen molar-refractivity contribution in [3.8, 4) is 0 Å². The number of aromatic nitrogens is 3. The van der Waals surface area contributed by atoms with Crippen LogP contribution in [0.4, 0.5) is 0 Å². The number of carbonyl (C=O) groups excluding carboxylic acids is 1. The van der Waals surface area contributed by atoms with E-state index in [9.17, 15) is 4.79 Å². The molecule has 3 N–H and O–H groups in total. The van der Waals surface area contributed by atoms with Crippen molar-refractivity contribution in [1.82, 2.24) is 20.2 Å². The minimum atomic E-state index is -0.156. The van der Waals surface area contributed by atoms with Crippen LogP contribution in [0.5, 0.6) is 0 Å². The number of thiophene rings is 1. The summed E-state index contributed by atoms with van der Waals surface area (Å²) in [5, 5.41) is 13.4. The molecule has 2 aromatic heterocycles. The van der Waals surface area contributed by atoms with Gasteiger partial charge in [0.1, 0.15) is 5.82 Å². The minimum absolute atomic E-state index is 0.0806. The van der Waals surface area contributed by atoms with Crippen molar-refractivity contribution < 1.29 is 4.79 Å². The van der Waals surface area contributed by atoms with Crippen molar-refractivity contribution in [2.24, 2.45) is 0 Å². The van der Waals surface area contributed by atoms with E-state index in [1.807, 2.05) is 47.8 Å². The Morgan fingerprint density at radius 3 is 2.71 bits per heavy atom. The Labute approximate surface area is 148 Å². The maximum absolute atomic E-state index is 12.4. The Hall–Kier alpha value is -2.32. The number of nitrogens with one attached hydrogen (secondary N) is 1. The van der Waals surface area contributed by atoms with Gasteiger partial charge in [0.2, 0.25) is 11.1 Å². The Bertz CT molecular complexity index is 801. The number of aryl methyl sites for hydroxylation is 1. The third kappa shape index (κ3) is 3.77. The van der Waals surface area contributed by atoms with E-state index in [-0.39, 0.29) is 17.7 Å². The molecule has 0 bridgehead atoms. The zero-order valence-corrected chi connectivity index (χ0v) is 14.7. The number of hydrogen-bond donors (Lipinski definition) is 2. The number of nitrogens with two attached hydrogens (primary N) is 1. The second kappa shape index (κ2) is 7.50. The van der Waals surface area contributed by atoms with Crippen LogP contribution < -0.4 is 11.2 Å². The highest BCUT2D eigenvalue weighted by atomic mass is 32.2. The molecule has 1 amide bonds. The first-order chi connectivity index (χ1) is 11.6. The van der Waals surface area contributed by atoms with Crippen molar-refractivity contribution in [3.63, 3.8) is 0 Å². The van der Waals surface area contributed by atoms with Crippen LogP contribution >= 0.6 is 23.1 Å². The van der Waals surface area contributed by atoms with Gasteiger partial charge in [-0.3, -0.25) is 4.79 Å². The number of amides is 1. The van der Waals surface area contributed by atoms with Crippen molar-refractivity contribution in [2.45, 2.75) is 18.1 Å². The molecular weight excluding hydrogens is 342 g/mol. The van der Waals surface area contributed by atoms with E-state index in [4.69, 9.17) is 5.84 Å². The zero-order valence-electron chi connectivity index (χ0n) is 13.0. The van der Waals surface area contributed by atoms with Crippen LogP contribution in [-0.4, -0.2) is 26.5 Å². The molecule has 1 atom stereocenters. The second-order valence-corrected chi connectivity index (χ2v) is 7.04. The van der Waals surface area contributed by atoms with Crippen LogP contribution in [0.3, 0.4) is 0 Å². The molecule has 6 nitrogen and oxygen atoms in total. The highest BCUT2D eigenvalue weighted by molar-refractivity contribution is 7.99. The van der Waals surface area contributed by atoms with Gasteiger partial charge in [-0.15, -0.1) is 21.5 Å². The minimum Gasteiger partial charge on any atom is -0.344 e. The van der Waals surface area contributed by atoms with Gasteiger partial charge in [0.25, 0.3) is 0 Å². The first-order valence-electron chi connectivity index (χ1n) is 7.32. The lowest BCUT2D eigenvalue weighted by Gasteiger charge is -2.18. The highest BCUT2D eigenvalue weighted by Crippen LogP contribution is 2.26. The summed E-state index contributed by atoms with van der Waals surface area (Å²) < 4.78 is 1.38. The van der Waals surface area contributed by atoms with Crippen LogP contribution in [0, 0.1) is 6.92 Å². The molecule has 0 radical (unpaired) electrons. The van der Waals surface area contributed by atoms with Crippen molar-refractivity contribution in [1.29, 1.82) is 0 Å². The van der Waals surface area contributed by atoms with Crippen LogP contribution in [0.2, 0.25) is 0 Å². The summed E-state index contributed by atoms with van der Waals surface area (Å²) >= 11 is 2.89. The Morgan fingerprint density at radius 2 is 2.08 bits per heavy atom. The van der Waals surface area contributed by atoms with Crippen molar-refractivity contribution in [3.05, 3.63) is 64.1 Å². The molecule has 8 heteroatoms. The second-order valence-electron chi connectivity index (χ2n) is 5.12. The quantitative estimate of drug-likeness (QED) is 0.521. The van der Waals surface area contributed by atoms with Gasteiger partial charge in [-0.25, -0.2) is 4.68 Å². The largest absolute Gasteiger partial charge is 0.344 e. The van der Waals surface area contributed by atoms with Crippen molar-refractivity contribution >= 4 is 29.0 Å². The highest BCUT2D eigenvalue weighted by Gasteiger charge is 2.18. The Morgan fingerprint density at radius 1 is 1.29 bits per heavy atom. The summed E-state index contributed by atoms with van der Waals surface area (Å²) in [7, 11) is 0. The molecule has 0 saturated carbocycles. The van der Waals surface area contributed by atoms with Gasteiger partial charge in [0.15, 0.2) is 0 Å². The average Bonchev–Trinajstić information content (AvgIpc) is 3.23. The number of benzene rings is 1. The third-order valence-corrected chi connectivity index (χ3v) is 5.31. The van der Waals surface area contributed by atoms with Crippen LogP contribution in [0.25, 0.3) is 0 Å².